The number of phenols is 1. The highest BCUT2D eigenvalue weighted by molar-refractivity contribution is 6.33. The lowest BCUT2D eigenvalue weighted by atomic mass is 10.0. The fraction of sp³-hybridized carbons (Fsp3) is 0.364. The second-order valence-electron chi connectivity index (χ2n) is 3.43. The van der Waals surface area contributed by atoms with Crippen LogP contribution in [0.2, 0.25) is 5.02 Å². The maximum Gasteiger partial charge on any atom is 0.303 e. The van der Waals surface area contributed by atoms with Crippen molar-refractivity contribution in [1.82, 2.24) is 0 Å². The van der Waals surface area contributed by atoms with Crippen LogP contribution in [0.15, 0.2) is 6.07 Å². The number of ether oxygens (including phenoxy) is 1. The van der Waals surface area contributed by atoms with Gasteiger partial charge in [-0.1, -0.05) is 11.6 Å². The molecule has 0 saturated heterocycles. The third-order valence-corrected chi connectivity index (χ3v) is 2.75. The summed E-state index contributed by atoms with van der Waals surface area (Å²) in [5.74, 6) is -0.748. The number of rotatable bonds is 4. The van der Waals surface area contributed by atoms with E-state index in [9.17, 15) is 9.90 Å². The van der Waals surface area contributed by atoms with Crippen molar-refractivity contribution in [2.45, 2.75) is 19.8 Å². The zero-order valence-electron chi connectivity index (χ0n) is 9.08. The molecule has 0 radical (unpaired) electrons. The fourth-order valence-electron chi connectivity index (χ4n) is 1.47. The molecule has 4 nitrogen and oxygen atoms in total. The highest BCUT2D eigenvalue weighted by Crippen LogP contribution is 2.38. The second-order valence-corrected chi connectivity index (χ2v) is 3.81. The molecule has 0 unspecified atom stereocenters. The number of hydrogen-bond acceptors (Lipinski definition) is 3. The van der Waals surface area contributed by atoms with Crippen LogP contribution < -0.4 is 4.74 Å². The minimum Gasteiger partial charge on any atom is -0.503 e. The Bertz CT molecular complexity index is 415. The van der Waals surface area contributed by atoms with Gasteiger partial charge in [-0.2, -0.15) is 0 Å². The van der Waals surface area contributed by atoms with Crippen molar-refractivity contribution < 1.29 is 19.7 Å². The first-order valence-corrected chi connectivity index (χ1v) is 5.12. The Morgan fingerprint density at radius 3 is 2.69 bits per heavy atom. The molecule has 0 fully saturated rings. The summed E-state index contributed by atoms with van der Waals surface area (Å²) in [6, 6.07) is 1.64. The van der Waals surface area contributed by atoms with Gasteiger partial charge in [-0.25, -0.2) is 0 Å². The summed E-state index contributed by atoms with van der Waals surface area (Å²) < 4.78 is 4.94. The maximum absolute atomic E-state index is 10.5. The summed E-state index contributed by atoms with van der Waals surface area (Å²) in [6.07, 6.45) is 0.268. The van der Waals surface area contributed by atoms with Crippen LogP contribution in [-0.2, 0) is 11.2 Å². The van der Waals surface area contributed by atoms with Crippen molar-refractivity contribution in [2.24, 2.45) is 0 Å². The van der Waals surface area contributed by atoms with Gasteiger partial charge in [-0.05, 0) is 30.5 Å². The minimum absolute atomic E-state index is 0.0215. The number of aromatic hydroxyl groups is 1. The van der Waals surface area contributed by atoms with Crippen LogP contribution in [0.5, 0.6) is 11.5 Å². The third kappa shape index (κ3) is 2.58. The Labute approximate surface area is 98.4 Å². The van der Waals surface area contributed by atoms with E-state index in [0.29, 0.717) is 11.3 Å². The molecule has 5 heteroatoms. The Morgan fingerprint density at radius 2 is 2.19 bits per heavy atom. The van der Waals surface area contributed by atoms with E-state index in [1.165, 1.54) is 7.11 Å². The molecule has 1 aromatic carbocycles. The highest BCUT2D eigenvalue weighted by atomic mass is 35.5. The van der Waals surface area contributed by atoms with Gasteiger partial charge >= 0.3 is 5.97 Å². The predicted molar refractivity (Wildman–Crippen MR) is 60.4 cm³/mol. The quantitative estimate of drug-likeness (QED) is 0.853. The van der Waals surface area contributed by atoms with E-state index in [2.05, 4.69) is 0 Å². The number of benzene rings is 1. The number of aliphatic carboxylic acids is 1. The van der Waals surface area contributed by atoms with E-state index in [1.807, 2.05) is 0 Å². The molecule has 0 heterocycles. The molecule has 0 aliphatic carbocycles. The van der Waals surface area contributed by atoms with Crippen LogP contribution in [0.4, 0.5) is 0 Å². The Balaban J connectivity index is 3.10. The molecular weight excluding hydrogens is 232 g/mol. The van der Waals surface area contributed by atoms with Gasteiger partial charge in [0.05, 0.1) is 12.1 Å². The largest absolute Gasteiger partial charge is 0.503 e. The first kappa shape index (κ1) is 12.6. The maximum atomic E-state index is 10.5. The van der Waals surface area contributed by atoms with Crippen molar-refractivity contribution in [2.75, 3.05) is 7.11 Å². The number of phenolic OH excluding ortho intramolecular Hbond substituents is 1. The molecule has 0 bridgehead atoms. The Morgan fingerprint density at radius 1 is 1.56 bits per heavy atom. The van der Waals surface area contributed by atoms with Gasteiger partial charge in [-0.15, -0.1) is 0 Å². The molecule has 1 aromatic rings. The van der Waals surface area contributed by atoms with Gasteiger partial charge in [0.15, 0.2) is 11.5 Å². The van der Waals surface area contributed by atoms with E-state index in [1.54, 1.807) is 13.0 Å². The first-order valence-electron chi connectivity index (χ1n) is 4.74. The number of hydrogen-bond donors (Lipinski definition) is 2. The van der Waals surface area contributed by atoms with Crippen molar-refractivity contribution in [3.8, 4) is 11.5 Å². The Hall–Kier alpha value is -1.42. The molecule has 0 aliphatic rings. The van der Waals surface area contributed by atoms with Gasteiger partial charge in [0, 0.05) is 6.42 Å². The number of aryl methyl sites for hydroxylation is 1. The molecule has 1 rings (SSSR count). The van der Waals surface area contributed by atoms with Crippen LogP contribution >= 0.6 is 11.6 Å². The van der Waals surface area contributed by atoms with Gasteiger partial charge in [-0.3, -0.25) is 4.79 Å². The standard InChI is InChI=1S/C11H13ClO4/c1-6-5-8(16-2)11(15)10(12)7(6)3-4-9(13)14/h5,15H,3-4H2,1-2H3,(H,13,14). The molecule has 16 heavy (non-hydrogen) atoms. The molecule has 0 atom stereocenters. The van der Waals surface area contributed by atoms with Crippen molar-refractivity contribution >= 4 is 17.6 Å². The average molecular weight is 245 g/mol. The zero-order valence-corrected chi connectivity index (χ0v) is 9.84. The molecule has 2 N–H and O–H groups in total. The van der Waals surface area contributed by atoms with Crippen LogP contribution in [0.3, 0.4) is 0 Å². The van der Waals surface area contributed by atoms with E-state index in [4.69, 9.17) is 21.4 Å². The van der Waals surface area contributed by atoms with E-state index in [0.717, 1.165) is 5.56 Å². The molecule has 0 aromatic heterocycles. The van der Waals surface area contributed by atoms with Crippen molar-refractivity contribution in [3.05, 3.63) is 22.2 Å². The summed E-state index contributed by atoms with van der Waals surface area (Å²) in [6.45, 7) is 1.80. The topological polar surface area (TPSA) is 66.8 Å². The zero-order chi connectivity index (χ0) is 12.3. The van der Waals surface area contributed by atoms with Crippen LogP contribution in [-0.4, -0.2) is 23.3 Å². The molecule has 0 spiro atoms. The fourth-order valence-corrected chi connectivity index (χ4v) is 1.81. The van der Waals surface area contributed by atoms with Gasteiger partial charge in [0.1, 0.15) is 0 Å². The van der Waals surface area contributed by atoms with Crippen LogP contribution in [0, 0.1) is 6.92 Å². The lowest BCUT2D eigenvalue weighted by Gasteiger charge is -2.12. The third-order valence-electron chi connectivity index (χ3n) is 2.34. The van der Waals surface area contributed by atoms with Gasteiger partial charge < -0.3 is 14.9 Å². The smallest absolute Gasteiger partial charge is 0.303 e. The highest BCUT2D eigenvalue weighted by Gasteiger charge is 2.15. The summed E-state index contributed by atoms with van der Waals surface area (Å²) in [7, 11) is 1.43. The number of halogens is 1. The molecular formula is C11H13ClO4. The van der Waals surface area contributed by atoms with Gasteiger partial charge in [0.25, 0.3) is 0 Å². The monoisotopic (exact) mass is 244 g/mol. The summed E-state index contributed by atoms with van der Waals surface area (Å²) >= 11 is 5.94. The molecule has 0 amide bonds. The second kappa shape index (κ2) is 5.07. The SMILES string of the molecule is COc1cc(C)c(CCC(=O)O)c(Cl)c1O. The summed E-state index contributed by atoms with van der Waals surface area (Å²) in [5.41, 5.74) is 1.45. The summed E-state index contributed by atoms with van der Waals surface area (Å²) in [4.78, 5) is 10.5. The van der Waals surface area contributed by atoms with Crippen molar-refractivity contribution in [3.63, 3.8) is 0 Å². The van der Waals surface area contributed by atoms with Gasteiger partial charge in [0.2, 0.25) is 0 Å². The lowest BCUT2D eigenvalue weighted by Crippen LogP contribution is -2.00. The lowest BCUT2D eigenvalue weighted by molar-refractivity contribution is -0.136. The van der Waals surface area contributed by atoms with Crippen LogP contribution in [0.25, 0.3) is 0 Å². The average Bonchev–Trinajstić information content (AvgIpc) is 2.22. The first-order chi connectivity index (χ1) is 7.47. The van der Waals surface area contributed by atoms with E-state index >= 15 is 0 Å². The number of carbonyl (C=O) groups is 1. The predicted octanol–water partition coefficient (Wildman–Crippen LogP) is 2.38. The molecule has 0 saturated carbocycles. The number of carboxylic acids is 1. The van der Waals surface area contributed by atoms with Crippen molar-refractivity contribution in [1.29, 1.82) is 0 Å². The van der Waals surface area contributed by atoms with E-state index in [-0.39, 0.29) is 23.6 Å². The number of methoxy groups -OCH3 is 1. The van der Waals surface area contributed by atoms with E-state index < -0.39 is 5.97 Å². The molecule has 0 aliphatic heterocycles. The Kier molecular flexibility index (Phi) is 4.01. The minimum atomic E-state index is -0.897. The summed E-state index contributed by atoms with van der Waals surface area (Å²) in [5, 5.41) is 18.4. The normalized spacial score (nSPS) is 10.2. The number of carboxylic acid groups (broad SMARTS) is 1. The van der Waals surface area contributed by atoms with Crippen LogP contribution in [0.1, 0.15) is 17.5 Å². The molecule has 88 valence electrons.